The highest BCUT2D eigenvalue weighted by atomic mass is 35.5. The van der Waals surface area contributed by atoms with Gasteiger partial charge < -0.3 is 24.8 Å². The van der Waals surface area contributed by atoms with Gasteiger partial charge in [0.2, 0.25) is 0 Å². The number of aliphatic hydroxyl groups excluding tert-OH is 2. The third-order valence-electron chi connectivity index (χ3n) is 5.49. The van der Waals surface area contributed by atoms with Crippen LogP contribution in [-0.4, -0.2) is 50.1 Å². The summed E-state index contributed by atoms with van der Waals surface area (Å²) in [6, 6.07) is 4.75. The van der Waals surface area contributed by atoms with E-state index < -0.39 is 18.0 Å². The van der Waals surface area contributed by atoms with Gasteiger partial charge in [0.15, 0.2) is 5.82 Å². The average molecular weight is 449 g/mol. The number of imidazole rings is 1. The van der Waals surface area contributed by atoms with Crippen LogP contribution in [0.4, 0.5) is 10.2 Å². The van der Waals surface area contributed by atoms with Crippen molar-refractivity contribution in [2.45, 2.75) is 51.5 Å². The molecule has 1 aliphatic heterocycles. The zero-order chi connectivity index (χ0) is 22.3. The molecule has 2 aromatic heterocycles. The Kier molecular flexibility index (Phi) is 6.16. The van der Waals surface area contributed by atoms with E-state index in [2.05, 4.69) is 15.3 Å². The number of aromatic nitrogens is 3. The summed E-state index contributed by atoms with van der Waals surface area (Å²) in [5.74, 6) is 0.460. The van der Waals surface area contributed by atoms with Crippen molar-refractivity contribution < 1.29 is 19.3 Å². The minimum atomic E-state index is -0.830. The Bertz CT molecular complexity index is 1100. The van der Waals surface area contributed by atoms with Gasteiger partial charge >= 0.3 is 0 Å². The summed E-state index contributed by atoms with van der Waals surface area (Å²) < 4.78 is 22.1. The van der Waals surface area contributed by atoms with E-state index in [9.17, 15) is 10.2 Å². The second-order valence-corrected chi connectivity index (χ2v) is 8.57. The molecule has 1 aromatic carbocycles. The van der Waals surface area contributed by atoms with Crippen molar-refractivity contribution in [2.24, 2.45) is 0 Å². The molecule has 9 heteroatoms. The lowest BCUT2D eigenvalue weighted by Gasteiger charge is -2.29. The largest absolute Gasteiger partial charge is 0.389 e. The SMILES string of the molecule is CC(O)c1nc2c(F)cc(-c3cc(N[C@@H]4CCOC[C@H]4O)ncc3Cl)cc2n1C(C)C. The number of benzene rings is 1. The first kappa shape index (κ1) is 22.0. The molecule has 4 rings (SSSR count). The monoisotopic (exact) mass is 448 g/mol. The summed E-state index contributed by atoms with van der Waals surface area (Å²) >= 11 is 6.42. The maximum Gasteiger partial charge on any atom is 0.151 e. The second kappa shape index (κ2) is 8.70. The van der Waals surface area contributed by atoms with Gasteiger partial charge in [0.05, 0.1) is 29.3 Å². The summed E-state index contributed by atoms with van der Waals surface area (Å²) in [5.41, 5.74) is 1.98. The highest BCUT2D eigenvalue weighted by molar-refractivity contribution is 6.33. The van der Waals surface area contributed by atoms with Gasteiger partial charge in [-0.15, -0.1) is 0 Å². The number of nitrogens with one attached hydrogen (secondary N) is 1. The number of rotatable bonds is 5. The van der Waals surface area contributed by atoms with Gasteiger partial charge in [0.25, 0.3) is 0 Å². The minimum Gasteiger partial charge on any atom is -0.389 e. The third-order valence-corrected chi connectivity index (χ3v) is 5.79. The van der Waals surface area contributed by atoms with Crippen LogP contribution in [-0.2, 0) is 4.74 Å². The van der Waals surface area contributed by atoms with Crippen LogP contribution in [0.5, 0.6) is 0 Å². The Morgan fingerprint density at radius 1 is 1.29 bits per heavy atom. The van der Waals surface area contributed by atoms with E-state index in [1.807, 2.05) is 24.5 Å². The molecular weight excluding hydrogens is 423 g/mol. The summed E-state index contributed by atoms with van der Waals surface area (Å²) in [5, 5.41) is 23.9. The lowest BCUT2D eigenvalue weighted by molar-refractivity contribution is -0.0135. The first-order chi connectivity index (χ1) is 14.8. The van der Waals surface area contributed by atoms with E-state index in [0.29, 0.717) is 46.3 Å². The predicted octanol–water partition coefficient (Wildman–Crippen LogP) is 4.09. The molecule has 3 atom stereocenters. The molecule has 1 unspecified atom stereocenters. The lowest BCUT2D eigenvalue weighted by Crippen LogP contribution is -2.42. The molecule has 3 heterocycles. The van der Waals surface area contributed by atoms with Crippen LogP contribution in [0.2, 0.25) is 5.02 Å². The molecule has 31 heavy (non-hydrogen) atoms. The maximum absolute atomic E-state index is 15.0. The van der Waals surface area contributed by atoms with Gasteiger partial charge in [-0.3, -0.25) is 0 Å². The summed E-state index contributed by atoms with van der Waals surface area (Å²) in [6.45, 7) is 6.35. The molecule has 166 valence electrons. The molecule has 1 aliphatic rings. The molecule has 0 spiro atoms. The first-order valence-electron chi connectivity index (χ1n) is 10.3. The smallest absolute Gasteiger partial charge is 0.151 e. The number of nitrogens with zero attached hydrogens (tertiary/aromatic N) is 3. The number of pyridine rings is 1. The van der Waals surface area contributed by atoms with Gasteiger partial charge in [-0.25, -0.2) is 14.4 Å². The fraction of sp³-hybridized carbons (Fsp3) is 0.455. The van der Waals surface area contributed by atoms with E-state index in [4.69, 9.17) is 16.3 Å². The van der Waals surface area contributed by atoms with Crippen molar-refractivity contribution in [1.29, 1.82) is 0 Å². The maximum atomic E-state index is 15.0. The van der Waals surface area contributed by atoms with Crippen LogP contribution >= 0.6 is 11.6 Å². The van der Waals surface area contributed by atoms with Crippen LogP contribution in [0.1, 0.15) is 45.2 Å². The highest BCUT2D eigenvalue weighted by Crippen LogP contribution is 2.35. The average Bonchev–Trinajstić information content (AvgIpc) is 3.12. The standard InChI is InChI=1S/C22H26ClFN4O3/c1-11(2)28-18-7-13(6-16(24)21(18)27-22(28)12(3)29)14-8-20(25-9-15(14)23)26-17-4-5-31-10-19(17)30/h6-9,11-12,17,19,29-30H,4-5,10H2,1-3H3,(H,25,26)/t12?,17-,19-/m1/s1. The number of hydrogen-bond donors (Lipinski definition) is 3. The normalized spacial score (nSPS) is 20.4. The summed E-state index contributed by atoms with van der Waals surface area (Å²) in [7, 11) is 0. The number of ether oxygens (including phenoxy) is 1. The predicted molar refractivity (Wildman–Crippen MR) is 118 cm³/mol. The molecule has 7 nitrogen and oxygen atoms in total. The molecule has 0 radical (unpaired) electrons. The molecular formula is C22H26ClFN4O3. The van der Waals surface area contributed by atoms with Crippen molar-refractivity contribution in [3.8, 4) is 11.1 Å². The van der Waals surface area contributed by atoms with Crippen molar-refractivity contribution in [3.05, 3.63) is 41.1 Å². The number of anilines is 1. The fourth-order valence-corrected chi connectivity index (χ4v) is 4.20. The highest BCUT2D eigenvalue weighted by Gasteiger charge is 2.25. The Hall–Kier alpha value is -2.26. The van der Waals surface area contributed by atoms with Gasteiger partial charge in [-0.2, -0.15) is 0 Å². The van der Waals surface area contributed by atoms with Gasteiger partial charge in [0, 0.05) is 24.4 Å². The van der Waals surface area contributed by atoms with E-state index >= 15 is 4.39 Å². The molecule has 3 aromatic rings. The van der Waals surface area contributed by atoms with Gasteiger partial charge in [-0.05, 0) is 51.0 Å². The molecule has 0 saturated carbocycles. The minimum absolute atomic E-state index is 0.0237. The van der Waals surface area contributed by atoms with Crippen LogP contribution in [0, 0.1) is 5.82 Å². The quantitative estimate of drug-likeness (QED) is 0.544. The summed E-state index contributed by atoms with van der Waals surface area (Å²) in [6.07, 6.45) is 0.692. The van der Waals surface area contributed by atoms with Crippen LogP contribution in [0.25, 0.3) is 22.2 Å². The molecule has 1 fully saturated rings. The molecule has 1 saturated heterocycles. The Balaban J connectivity index is 1.78. The Morgan fingerprint density at radius 3 is 2.74 bits per heavy atom. The molecule has 0 bridgehead atoms. The molecule has 0 amide bonds. The lowest BCUT2D eigenvalue weighted by atomic mass is 10.0. The topological polar surface area (TPSA) is 92.4 Å². The summed E-state index contributed by atoms with van der Waals surface area (Å²) in [4.78, 5) is 8.65. The Morgan fingerprint density at radius 2 is 2.06 bits per heavy atom. The second-order valence-electron chi connectivity index (χ2n) is 8.17. The van der Waals surface area contributed by atoms with Crippen LogP contribution < -0.4 is 5.32 Å². The third kappa shape index (κ3) is 4.25. The number of aliphatic hydroxyl groups is 2. The van der Waals surface area contributed by atoms with Crippen molar-refractivity contribution >= 4 is 28.5 Å². The number of halogens is 2. The fourth-order valence-electron chi connectivity index (χ4n) is 3.98. The van der Waals surface area contributed by atoms with E-state index in [1.54, 1.807) is 13.0 Å². The van der Waals surface area contributed by atoms with Gasteiger partial charge in [-0.1, -0.05) is 11.6 Å². The molecule has 3 N–H and O–H groups in total. The van der Waals surface area contributed by atoms with E-state index in [1.165, 1.54) is 12.3 Å². The van der Waals surface area contributed by atoms with Crippen LogP contribution in [0.3, 0.4) is 0 Å². The van der Waals surface area contributed by atoms with Gasteiger partial charge in [0.1, 0.15) is 23.3 Å². The van der Waals surface area contributed by atoms with E-state index in [0.717, 1.165) is 0 Å². The Labute approximate surface area is 184 Å². The van der Waals surface area contributed by atoms with Crippen LogP contribution in [0.15, 0.2) is 24.4 Å². The zero-order valence-corrected chi connectivity index (χ0v) is 18.4. The number of fused-ring (bicyclic) bond motifs is 1. The van der Waals surface area contributed by atoms with E-state index in [-0.39, 0.29) is 24.2 Å². The van der Waals surface area contributed by atoms with Crippen molar-refractivity contribution in [3.63, 3.8) is 0 Å². The van der Waals surface area contributed by atoms with Crippen molar-refractivity contribution in [2.75, 3.05) is 18.5 Å². The zero-order valence-electron chi connectivity index (χ0n) is 17.6. The number of hydrogen-bond acceptors (Lipinski definition) is 6. The molecule has 0 aliphatic carbocycles. The van der Waals surface area contributed by atoms with Crippen molar-refractivity contribution in [1.82, 2.24) is 14.5 Å². The first-order valence-corrected chi connectivity index (χ1v) is 10.7.